The highest BCUT2D eigenvalue weighted by Gasteiger charge is 2.05. The Kier molecular flexibility index (Phi) is 3.36. The highest BCUT2D eigenvalue weighted by Crippen LogP contribution is 2.19. The maximum Gasteiger partial charge on any atom is 0.160 e. The summed E-state index contributed by atoms with van der Waals surface area (Å²) < 4.78 is 25.8. The van der Waals surface area contributed by atoms with Gasteiger partial charge in [-0.15, -0.1) is 0 Å². The third kappa shape index (κ3) is 2.71. The summed E-state index contributed by atoms with van der Waals surface area (Å²) in [5, 5.41) is 5.78. The van der Waals surface area contributed by atoms with Gasteiger partial charge in [-0.3, -0.25) is 0 Å². The van der Waals surface area contributed by atoms with E-state index in [1.807, 2.05) is 0 Å². The first-order chi connectivity index (χ1) is 8.58. The van der Waals surface area contributed by atoms with Crippen LogP contribution in [0.4, 0.5) is 26.1 Å². The minimum absolute atomic E-state index is 0.425. The van der Waals surface area contributed by atoms with Crippen LogP contribution in [0, 0.1) is 18.6 Å². The van der Waals surface area contributed by atoms with Gasteiger partial charge in [-0.25, -0.2) is 18.7 Å². The maximum atomic E-state index is 13.0. The highest BCUT2D eigenvalue weighted by molar-refractivity contribution is 5.59. The molecule has 0 aliphatic carbocycles. The molecule has 0 saturated carbocycles. The van der Waals surface area contributed by atoms with E-state index >= 15 is 0 Å². The molecule has 0 bridgehead atoms. The summed E-state index contributed by atoms with van der Waals surface area (Å²) in [4.78, 5) is 8.28. The minimum Gasteiger partial charge on any atom is -0.373 e. The van der Waals surface area contributed by atoms with E-state index in [4.69, 9.17) is 0 Å². The lowest BCUT2D eigenvalue weighted by Gasteiger charge is -2.08. The van der Waals surface area contributed by atoms with Gasteiger partial charge < -0.3 is 10.6 Å². The quantitative estimate of drug-likeness (QED) is 0.879. The van der Waals surface area contributed by atoms with Crippen LogP contribution in [-0.4, -0.2) is 17.0 Å². The topological polar surface area (TPSA) is 49.8 Å². The summed E-state index contributed by atoms with van der Waals surface area (Å²) in [6.07, 6.45) is 0. The zero-order valence-corrected chi connectivity index (χ0v) is 9.96. The monoisotopic (exact) mass is 250 g/mol. The normalized spacial score (nSPS) is 10.2. The van der Waals surface area contributed by atoms with Crippen LogP contribution in [0.1, 0.15) is 5.82 Å². The van der Waals surface area contributed by atoms with Crippen molar-refractivity contribution in [3.63, 3.8) is 0 Å². The predicted molar refractivity (Wildman–Crippen MR) is 66.0 cm³/mol. The minimum atomic E-state index is -0.903. The number of rotatable bonds is 3. The molecule has 2 aromatic rings. The first-order valence-electron chi connectivity index (χ1n) is 5.34. The Morgan fingerprint density at radius 3 is 2.39 bits per heavy atom. The van der Waals surface area contributed by atoms with Crippen LogP contribution in [0.5, 0.6) is 0 Å². The lowest BCUT2D eigenvalue weighted by Crippen LogP contribution is -2.01. The zero-order valence-electron chi connectivity index (χ0n) is 9.96. The van der Waals surface area contributed by atoms with E-state index in [0.717, 1.165) is 12.1 Å². The molecule has 1 aromatic carbocycles. The van der Waals surface area contributed by atoms with E-state index in [0.29, 0.717) is 23.1 Å². The Morgan fingerprint density at radius 1 is 1.00 bits per heavy atom. The molecule has 0 aliphatic heterocycles. The van der Waals surface area contributed by atoms with Crippen LogP contribution in [0.2, 0.25) is 0 Å². The standard InChI is InChI=1S/C12H12F2N4/c1-7-16-11(15-2)6-12(17-7)18-8-3-4-9(13)10(14)5-8/h3-6H,1-2H3,(H2,15,16,17,18). The van der Waals surface area contributed by atoms with Crippen molar-refractivity contribution in [3.8, 4) is 0 Å². The van der Waals surface area contributed by atoms with Gasteiger partial charge >= 0.3 is 0 Å². The molecule has 0 atom stereocenters. The smallest absolute Gasteiger partial charge is 0.160 e. The Labute approximate surface area is 103 Å². The third-order valence-corrected chi connectivity index (χ3v) is 2.29. The number of hydrogen-bond acceptors (Lipinski definition) is 4. The summed E-state index contributed by atoms with van der Waals surface area (Å²) in [5.74, 6) is -0.0488. The molecule has 6 heteroatoms. The second-order valence-electron chi connectivity index (χ2n) is 3.69. The van der Waals surface area contributed by atoms with Crippen LogP contribution in [0.3, 0.4) is 0 Å². The first-order valence-corrected chi connectivity index (χ1v) is 5.34. The van der Waals surface area contributed by atoms with Gasteiger partial charge in [-0.05, 0) is 19.1 Å². The molecule has 0 saturated heterocycles. The molecule has 1 aromatic heterocycles. The number of benzene rings is 1. The van der Waals surface area contributed by atoms with Crippen molar-refractivity contribution >= 4 is 17.3 Å². The SMILES string of the molecule is CNc1cc(Nc2ccc(F)c(F)c2)nc(C)n1. The summed E-state index contributed by atoms with van der Waals surface area (Å²) >= 11 is 0. The zero-order chi connectivity index (χ0) is 13.1. The summed E-state index contributed by atoms with van der Waals surface area (Å²) in [7, 11) is 1.74. The number of nitrogens with one attached hydrogen (secondary N) is 2. The molecular formula is C12H12F2N4. The number of anilines is 3. The van der Waals surface area contributed by atoms with Gasteiger partial charge in [0.2, 0.25) is 0 Å². The second-order valence-corrected chi connectivity index (χ2v) is 3.69. The Bertz CT molecular complexity index is 572. The molecule has 0 unspecified atom stereocenters. The van der Waals surface area contributed by atoms with Crippen molar-refractivity contribution in [3.05, 3.63) is 41.7 Å². The molecule has 94 valence electrons. The van der Waals surface area contributed by atoms with E-state index < -0.39 is 11.6 Å². The number of nitrogens with zero attached hydrogens (tertiary/aromatic N) is 2. The van der Waals surface area contributed by atoms with E-state index in [1.165, 1.54) is 6.07 Å². The Hall–Kier alpha value is -2.24. The van der Waals surface area contributed by atoms with E-state index in [9.17, 15) is 8.78 Å². The Balaban J connectivity index is 2.27. The lowest BCUT2D eigenvalue weighted by molar-refractivity contribution is 0.509. The first kappa shape index (κ1) is 12.2. The molecule has 0 amide bonds. The summed E-state index contributed by atoms with van der Waals surface area (Å²) in [6.45, 7) is 1.75. The maximum absolute atomic E-state index is 13.0. The van der Waals surface area contributed by atoms with Gasteiger partial charge in [0.1, 0.15) is 17.5 Å². The molecular weight excluding hydrogens is 238 g/mol. The summed E-state index contributed by atoms with van der Waals surface area (Å²) in [5.41, 5.74) is 0.425. The third-order valence-electron chi connectivity index (χ3n) is 2.29. The molecule has 0 aliphatic rings. The Morgan fingerprint density at radius 2 is 1.72 bits per heavy atom. The van der Waals surface area contributed by atoms with Crippen molar-refractivity contribution < 1.29 is 8.78 Å². The molecule has 2 rings (SSSR count). The van der Waals surface area contributed by atoms with Gasteiger partial charge in [0.05, 0.1) is 0 Å². The van der Waals surface area contributed by atoms with Crippen LogP contribution in [0.15, 0.2) is 24.3 Å². The van der Waals surface area contributed by atoms with Crippen molar-refractivity contribution in [1.82, 2.24) is 9.97 Å². The van der Waals surface area contributed by atoms with Gasteiger partial charge in [-0.1, -0.05) is 0 Å². The van der Waals surface area contributed by atoms with E-state index in [1.54, 1.807) is 20.0 Å². The average Bonchev–Trinajstić information content (AvgIpc) is 2.33. The van der Waals surface area contributed by atoms with Gasteiger partial charge in [0.15, 0.2) is 11.6 Å². The van der Waals surface area contributed by atoms with Crippen LogP contribution in [0.25, 0.3) is 0 Å². The van der Waals surface area contributed by atoms with Crippen molar-refractivity contribution in [2.75, 3.05) is 17.7 Å². The molecule has 18 heavy (non-hydrogen) atoms. The van der Waals surface area contributed by atoms with E-state index in [-0.39, 0.29) is 0 Å². The number of halogens is 2. The van der Waals surface area contributed by atoms with Crippen molar-refractivity contribution in [2.45, 2.75) is 6.92 Å². The number of hydrogen-bond donors (Lipinski definition) is 2. The van der Waals surface area contributed by atoms with Crippen LogP contribution >= 0.6 is 0 Å². The second kappa shape index (κ2) is 4.95. The van der Waals surface area contributed by atoms with Crippen LogP contribution in [-0.2, 0) is 0 Å². The molecule has 0 fully saturated rings. The van der Waals surface area contributed by atoms with Gasteiger partial charge in [-0.2, -0.15) is 0 Å². The highest BCUT2D eigenvalue weighted by atomic mass is 19.2. The largest absolute Gasteiger partial charge is 0.373 e. The van der Waals surface area contributed by atoms with Gasteiger partial charge in [0.25, 0.3) is 0 Å². The molecule has 0 radical (unpaired) electrons. The number of aryl methyl sites for hydroxylation is 1. The lowest BCUT2D eigenvalue weighted by atomic mass is 10.3. The average molecular weight is 250 g/mol. The van der Waals surface area contributed by atoms with E-state index in [2.05, 4.69) is 20.6 Å². The molecule has 0 spiro atoms. The van der Waals surface area contributed by atoms with Crippen molar-refractivity contribution in [1.29, 1.82) is 0 Å². The number of aromatic nitrogens is 2. The van der Waals surface area contributed by atoms with Crippen molar-refractivity contribution in [2.24, 2.45) is 0 Å². The molecule has 2 N–H and O–H groups in total. The molecule has 1 heterocycles. The predicted octanol–water partition coefficient (Wildman–Crippen LogP) is 2.85. The van der Waals surface area contributed by atoms with Crippen LogP contribution < -0.4 is 10.6 Å². The fourth-order valence-corrected chi connectivity index (χ4v) is 1.48. The van der Waals surface area contributed by atoms with Gasteiger partial charge in [0, 0.05) is 24.9 Å². The fraction of sp³-hybridized carbons (Fsp3) is 0.167. The summed E-state index contributed by atoms with van der Waals surface area (Å²) in [6, 6.07) is 5.25. The molecule has 4 nitrogen and oxygen atoms in total. The fourth-order valence-electron chi connectivity index (χ4n) is 1.48.